The van der Waals surface area contributed by atoms with Crippen molar-refractivity contribution >= 4 is 0 Å². The predicted molar refractivity (Wildman–Crippen MR) is 78.6 cm³/mol. The lowest BCUT2D eigenvalue weighted by atomic mass is 9.90. The Morgan fingerprint density at radius 3 is 2.47 bits per heavy atom. The van der Waals surface area contributed by atoms with Gasteiger partial charge in [-0.05, 0) is 37.1 Å². The maximum absolute atomic E-state index is 5.95. The van der Waals surface area contributed by atoms with Gasteiger partial charge in [0, 0.05) is 18.0 Å². The molecule has 2 nitrogen and oxygen atoms in total. The van der Waals surface area contributed by atoms with Crippen LogP contribution in [0.5, 0.6) is 5.75 Å². The minimum absolute atomic E-state index is 0.267. The molecule has 1 atom stereocenters. The van der Waals surface area contributed by atoms with Crippen molar-refractivity contribution < 1.29 is 4.74 Å². The number of hydrogen-bond acceptors (Lipinski definition) is 2. The average molecular weight is 253 g/mol. The summed E-state index contributed by atoms with van der Waals surface area (Å²) >= 11 is 0. The fourth-order valence-electron chi connectivity index (χ4n) is 2.71. The van der Waals surface area contributed by atoms with Gasteiger partial charge in [0.1, 0.15) is 5.75 Å². The zero-order valence-electron chi connectivity index (χ0n) is 11.4. The van der Waals surface area contributed by atoms with Crippen molar-refractivity contribution in [3.05, 3.63) is 53.1 Å². The van der Waals surface area contributed by atoms with Crippen LogP contribution in [-0.2, 0) is 0 Å². The smallest absolute Gasteiger partial charge is 0.127 e. The molecule has 98 valence electrons. The normalized spacial score (nSPS) is 17.1. The van der Waals surface area contributed by atoms with Crippen LogP contribution in [0.2, 0.25) is 0 Å². The molecule has 2 heteroatoms. The van der Waals surface area contributed by atoms with Crippen molar-refractivity contribution in [3.8, 4) is 16.9 Å². The second-order valence-corrected chi connectivity index (χ2v) is 5.33. The predicted octanol–water partition coefficient (Wildman–Crippen LogP) is 3.41. The first kappa shape index (κ1) is 12.2. The number of rotatable bonds is 1. The number of ether oxygens (including phenoxy) is 1. The molecule has 0 saturated heterocycles. The maximum atomic E-state index is 5.95. The highest BCUT2D eigenvalue weighted by atomic mass is 16.5. The molecule has 1 heterocycles. The van der Waals surface area contributed by atoms with E-state index in [9.17, 15) is 0 Å². The van der Waals surface area contributed by atoms with Crippen LogP contribution in [0.1, 0.15) is 22.6 Å². The molecule has 2 aromatic carbocycles. The van der Waals surface area contributed by atoms with Crippen molar-refractivity contribution in [3.63, 3.8) is 0 Å². The SMILES string of the molecule is Cc1ccc2c(c1)-c1cc(C)ccc1C(CN)CO2. The molecule has 0 radical (unpaired) electrons. The van der Waals surface area contributed by atoms with Crippen molar-refractivity contribution in [2.45, 2.75) is 19.8 Å². The zero-order valence-corrected chi connectivity index (χ0v) is 11.4. The van der Waals surface area contributed by atoms with Crippen molar-refractivity contribution in [2.24, 2.45) is 5.73 Å². The van der Waals surface area contributed by atoms with Gasteiger partial charge in [0.05, 0.1) is 6.61 Å². The quantitative estimate of drug-likeness (QED) is 0.845. The second kappa shape index (κ2) is 4.71. The fourth-order valence-corrected chi connectivity index (χ4v) is 2.71. The van der Waals surface area contributed by atoms with Crippen LogP contribution < -0.4 is 10.5 Å². The van der Waals surface area contributed by atoms with E-state index in [0.29, 0.717) is 13.2 Å². The van der Waals surface area contributed by atoms with Gasteiger partial charge in [0.15, 0.2) is 0 Å². The van der Waals surface area contributed by atoms with E-state index in [1.807, 2.05) is 0 Å². The van der Waals surface area contributed by atoms with E-state index in [4.69, 9.17) is 10.5 Å². The monoisotopic (exact) mass is 253 g/mol. The first-order chi connectivity index (χ1) is 9.19. The summed E-state index contributed by atoms with van der Waals surface area (Å²) in [5.74, 6) is 1.23. The van der Waals surface area contributed by atoms with Gasteiger partial charge >= 0.3 is 0 Å². The van der Waals surface area contributed by atoms with Gasteiger partial charge in [-0.1, -0.05) is 35.4 Å². The lowest BCUT2D eigenvalue weighted by molar-refractivity contribution is 0.295. The molecule has 0 aliphatic carbocycles. The highest BCUT2D eigenvalue weighted by Gasteiger charge is 2.22. The molecule has 3 rings (SSSR count). The van der Waals surface area contributed by atoms with E-state index >= 15 is 0 Å². The summed E-state index contributed by atoms with van der Waals surface area (Å²) < 4.78 is 5.95. The fraction of sp³-hybridized carbons (Fsp3) is 0.294. The third-order valence-electron chi connectivity index (χ3n) is 3.80. The molecule has 2 aromatic rings. The Bertz CT molecular complexity index is 619. The molecule has 0 bridgehead atoms. The van der Waals surface area contributed by atoms with Gasteiger partial charge in [-0.2, -0.15) is 0 Å². The van der Waals surface area contributed by atoms with E-state index in [1.54, 1.807) is 0 Å². The molecule has 2 N–H and O–H groups in total. The Hall–Kier alpha value is -1.80. The third kappa shape index (κ3) is 2.13. The van der Waals surface area contributed by atoms with Gasteiger partial charge in [-0.3, -0.25) is 0 Å². The third-order valence-corrected chi connectivity index (χ3v) is 3.80. The van der Waals surface area contributed by atoms with Crippen LogP contribution in [0.3, 0.4) is 0 Å². The highest BCUT2D eigenvalue weighted by molar-refractivity contribution is 5.76. The van der Waals surface area contributed by atoms with Gasteiger partial charge in [-0.25, -0.2) is 0 Å². The number of benzene rings is 2. The standard InChI is InChI=1S/C17H19NO/c1-11-3-5-14-13(9-18)10-19-17-6-4-12(2)8-16(17)15(14)7-11/h3-8,13H,9-10,18H2,1-2H3. The zero-order chi connectivity index (χ0) is 13.4. The summed E-state index contributed by atoms with van der Waals surface area (Å²) in [5, 5.41) is 0. The Labute approximate surface area is 114 Å². The molecule has 1 unspecified atom stereocenters. The average Bonchev–Trinajstić information content (AvgIpc) is 2.55. The van der Waals surface area contributed by atoms with Crippen LogP contribution in [0.25, 0.3) is 11.1 Å². The Balaban J connectivity index is 2.27. The van der Waals surface area contributed by atoms with Gasteiger partial charge in [0.25, 0.3) is 0 Å². The molecule has 1 aliphatic heterocycles. The number of nitrogens with two attached hydrogens (primary N) is 1. The summed E-state index contributed by atoms with van der Waals surface area (Å²) in [6, 6.07) is 13.0. The summed E-state index contributed by atoms with van der Waals surface area (Å²) in [6.07, 6.45) is 0. The first-order valence-electron chi connectivity index (χ1n) is 6.73. The first-order valence-corrected chi connectivity index (χ1v) is 6.73. The Morgan fingerprint density at radius 2 is 1.74 bits per heavy atom. The molecule has 0 spiro atoms. The molecular weight excluding hydrogens is 234 g/mol. The number of fused-ring (bicyclic) bond motifs is 3. The Morgan fingerprint density at radius 1 is 1.05 bits per heavy atom. The second-order valence-electron chi connectivity index (χ2n) is 5.33. The summed E-state index contributed by atoms with van der Waals surface area (Å²) in [5.41, 5.74) is 12.2. The molecule has 0 fully saturated rings. The summed E-state index contributed by atoms with van der Waals surface area (Å²) in [6.45, 7) is 5.51. The largest absolute Gasteiger partial charge is 0.492 e. The van der Waals surface area contributed by atoms with Gasteiger partial charge in [-0.15, -0.1) is 0 Å². The minimum atomic E-state index is 0.267. The number of hydrogen-bond donors (Lipinski definition) is 1. The highest BCUT2D eigenvalue weighted by Crippen LogP contribution is 2.39. The summed E-state index contributed by atoms with van der Waals surface area (Å²) in [7, 11) is 0. The summed E-state index contributed by atoms with van der Waals surface area (Å²) in [4.78, 5) is 0. The molecule has 0 saturated carbocycles. The molecule has 19 heavy (non-hydrogen) atoms. The molecule has 0 aromatic heterocycles. The molecule has 0 amide bonds. The molecular formula is C17H19NO. The van der Waals surface area contributed by atoms with E-state index in [2.05, 4.69) is 50.2 Å². The van der Waals surface area contributed by atoms with Crippen molar-refractivity contribution in [1.29, 1.82) is 0 Å². The van der Waals surface area contributed by atoms with Gasteiger partial charge < -0.3 is 10.5 Å². The van der Waals surface area contributed by atoms with Crippen molar-refractivity contribution in [2.75, 3.05) is 13.2 Å². The van der Waals surface area contributed by atoms with Crippen LogP contribution in [0.15, 0.2) is 36.4 Å². The van der Waals surface area contributed by atoms with Crippen molar-refractivity contribution in [1.82, 2.24) is 0 Å². The topological polar surface area (TPSA) is 35.2 Å². The van der Waals surface area contributed by atoms with Crippen LogP contribution >= 0.6 is 0 Å². The van der Waals surface area contributed by atoms with E-state index < -0.39 is 0 Å². The van der Waals surface area contributed by atoms with E-state index in [1.165, 1.54) is 27.8 Å². The van der Waals surface area contributed by atoms with Crippen LogP contribution in [-0.4, -0.2) is 13.2 Å². The van der Waals surface area contributed by atoms with Gasteiger partial charge in [0.2, 0.25) is 0 Å². The Kier molecular flexibility index (Phi) is 3.03. The van der Waals surface area contributed by atoms with Crippen LogP contribution in [0, 0.1) is 13.8 Å². The van der Waals surface area contributed by atoms with Crippen LogP contribution in [0.4, 0.5) is 0 Å². The lowest BCUT2D eigenvalue weighted by Crippen LogP contribution is -2.18. The minimum Gasteiger partial charge on any atom is -0.492 e. The lowest BCUT2D eigenvalue weighted by Gasteiger charge is -2.15. The molecule has 1 aliphatic rings. The van der Waals surface area contributed by atoms with E-state index in [0.717, 1.165) is 5.75 Å². The van der Waals surface area contributed by atoms with E-state index in [-0.39, 0.29) is 5.92 Å². The number of aryl methyl sites for hydroxylation is 2. The maximum Gasteiger partial charge on any atom is 0.127 e.